The molecule has 4 nitrogen and oxygen atoms in total. The Bertz CT molecular complexity index is 499. The number of aliphatic hydroxyl groups excluding tert-OH is 1. The number of aromatic nitrogens is 2. The molecule has 0 spiro atoms. The second-order valence-corrected chi connectivity index (χ2v) is 5.14. The molecular formula is C13H18N2O2S. The first-order valence-electron chi connectivity index (χ1n) is 6.11. The Kier molecular flexibility index (Phi) is 4.90. The summed E-state index contributed by atoms with van der Waals surface area (Å²) in [4.78, 5) is 7.79. The summed E-state index contributed by atoms with van der Waals surface area (Å²) in [7, 11) is 1.66. The van der Waals surface area contributed by atoms with Gasteiger partial charge in [-0.1, -0.05) is 18.2 Å². The molecule has 0 atom stereocenters. The van der Waals surface area contributed by atoms with E-state index < -0.39 is 0 Å². The predicted octanol–water partition coefficient (Wildman–Crippen LogP) is 2.83. The highest BCUT2D eigenvalue weighted by atomic mass is 32.2. The van der Waals surface area contributed by atoms with Crippen LogP contribution in [0.5, 0.6) is 5.75 Å². The van der Waals surface area contributed by atoms with Crippen molar-refractivity contribution < 1.29 is 9.84 Å². The molecule has 1 aromatic carbocycles. The molecule has 0 amide bonds. The Balaban J connectivity index is 1.93. The van der Waals surface area contributed by atoms with Crippen LogP contribution in [-0.4, -0.2) is 34.5 Å². The van der Waals surface area contributed by atoms with Crippen molar-refractivity contribution in [2.45, 2.75) is 24.4 Å². The Morgan fingerprint density at radius 1 is 1.33 bits per heavy atom. The number of nitrogens with one attached hydrogen (secondary N) is 1. The molecule has 0 aliphatic carbocycles. The lowest BCUT2D eigenvalue weighted by Gasteiger charge is -1.97. The number of aromatic amines is 1. The number of imidazole rings is 1. The monoisotopic (exact) mass is 266 g/mol. The van der Waals surface area contributed by atoms with Gasteiger partial charge in [0.15, 0.2) is 5.16 Å². The van der Waals surface area contributed by atoms with Crippen LogP contribution in [0.2, 0.25) is 0 Å². The Morgan fingerprint density at radius 2 is 2.22 bits per heavy atom. The number of thioether (sulfide) groups is 1. The summed E-state index contributed by atoms with van der Waals surface area (Å²) in [5.74, 6) is 1.86. The molecule has 0 saturated heterocycles. The first-order chi connectivity index (χ1) is 8.83. The van der Waals surface area contributed by atoms with Crippen LogP contribution in [0.1, 0.15) is 19.3 Å². The molecule has 0 aliphatic rings. The molecular weight excluding hydrogens is 248 g/mol. The molecule has 2 N–H and O–H groups in total. The van der Waals surface area contributed by atoms with Gasteiger partial charge in [0.2, 0.25) is 0 Å². The van der Waals surface area contributed by atoms with E-state index in [4.69, 9.17) is 9.84 Å². The van der Waals surface area contributed by atoms with Crippen molar-refractivity contribution in [2.24, 2.45) is 0 Å². The van der Waals surface area contributed by atoms with Gasteiger partial charge < -0.3 is 14.8 Å². The van der Waals surface area contributed by atoms with Crippen LogP contribution < -0.4 is 4.74 Å². The molecule has 0 fully saturated rings. The lowest BCUT2D eigenvalue weighted by atomic mass is 10.3. The van der Waals surface area contributed by atoms with E-state index in [0.717, 1.165) is 47.0 Å². The van der Waals surface area contributed by atoms with Gasteiger partial charge in [-0.05, 0) is 25.0 Å². The lowest BCUT2D eigenvalue weighted by Crippen LogP contribution is -1.86. The molecule has 5 heteroatoms. The summed E-state index contributed by atoms with van der Waals surface area (Å²) in [6.07, 6.45) is 3.06. The van der Waals surface area contributed by atoms with Crippen molar-refractivity contribution in [1.29, 1.82) is 0 Å². The van der Waals surface area contributed by atoms with Crippen molar-refractivity contribution in [2.75, 3.05) is 19.5 Å². The van der Waals surface area contributed by atoms with Crippen molar-refractivity contribution in [3.8, 4) is 5.75 Å². The maximum absolute atomic E-state index is 8.69. The van der Waals surface area contributed by atoms with Crippen molar-refractivity contribution in [3.63, 3.8) is 0 Å². The summed E-state index contributed by atoms with van der Waals surface area (Å²) in [6.45, 7) is 0.287. The fraction of sp³-hybridized carbons (Fsp3) is 0.462. The van der Waals surface area contributed by atoms with E-state index in [9.17, 15) is 0 Å². The second-order valence-electron chi connectivity index (χ2n) is 4.06. The summed E-state index contributed by atoms with van der Waals surface area (Å²) >= 11 is 1.72. The predicted molar refractivity (Wildman–Crippen MR) is 74.3 cm³/mol. The molecule has 1 aromatic heterocycles. The molecule has 0 aliphatic heterocycles. The van der Waals surface area contributed by atoms with Gasteiger partial charge in [0.25, 0.3) is 0 Å². The second kappa shape index (κ2) is 6.66. The zero-order valence-corrected chi connectivity index (χ0v) is 11.3. The number of hydrogen-bond donors (Lipinski definition) is 2. The highest BCUT2D eigenvalue weighted by Crippen LogP contribution is 2.23. The van der Waals surface area contributed by atoms with Crippen molar-refractivity contribution >= 4 is 22.8 Å². The van der Waals surface area contributed by atoms with Crippen molar-refractivity contribution in [1.82, 2.24) is 9.97 Å². The van der Waals surface area contributed by atoms with E-state index in [2.05, 4.69) is 9.97 Å². The van der Waals surface area contributed by atoms with E-state index in [1.165, 1.54) is 0 Å². The van der Waals surface area contributed by atoms with Gasteiger partial charge in [0.1, 0.15) is 5.75 Å². The fourth-order valence-electron chi connectivity index (χ4n) is 1.72. The van der Waals surface area contributed by atoms with E-state index in [1.54, 1.807) is 18.9 Å². The third-order valence-corrected chi connectivity index (χ3v) is 3.67. The Labute approximate surface area is 111 Å². The van der Waals surface area contributed by atoms with Gasteiger partial charge in [-0.2, -0.15) is 0 Å². The van der Waals surface area contributed by atoms with Crippen molar-refractivity contribution in [3.05, 3.63) is 18.2 Å². The van der Waals surface area contributed by atoms with E-state index >= 15 is 0 Å². The zero-order valence-electron chi connectivity index (χ0n) is 10.5. The van der Waals surface area contributed by atoms with Gasteiger partial charge in [-0.25, -0.2) is 4.98 Å². The minimum absolute atomic E-state index is 0.287. The van der Waals surface area contributed by atoms with E-state index in [1.807, 2.05) is 18.2 Å². The molecule has 18 heavy (non-hydrogen) atoms. The number of aliphatic hydroxyl groups is 1. The van der Waals surface area contributed by atoms with Crippen LogP contribution in [0.4, 0.5) is 0 Å². The summed E-state index contributed by atoms with van der Waals surface area (Å²) in [5.41, 5.74) is 1.97. The van der Waals surface area contributed by atoms with E-state index in [0.29, 0.717) is 0 Å². The molecule has 98 valence electrons. The van der Waals surface area contributed by atoms with Crippen LogP contribution in [-0.2, 0) is 0 Å². The van der Waals surface area contributed by atoms with E-state index in [-0.39, 0.29) is 6.61 Å². The maximum Gasteiger partial charge on any atom is 0.166 e. The summed E-state index contributed by atoms with van der Waals surface area (Å²) in [6, 6.07) is 5.83. The number of fused-ring (bicyclic) bond motifs is 1. The smallest absolute Gasteiger partial charge is 0.166 e. The zero-order chi connectivity index (χ0) is 12.8. The Morgan fingerprint density at radius 3 is 3.00 bits per heavy atom. The highest BCUT2D eigenvalue weighted by molar-refractivity contribution is 7.99. The van der Waals surface area contributed by atoms with Gasteiger partial charge in [-0.3, -0.25) is 0 Å². The molecule has 0 saturated carbocycles. The average molecular weight is 266 g/mol. The number of hydrogen-bond acceptors (Lipinski definition) is 4. The van der Waals surface area contributed by atoms with Crippen LogP contribution >= 0.6 is 11.8 Å². The molecule has 0 bridgehead atoms. The average Bonchev–Trinajstić information content (AvgIpc) is 2.80. The minimum atomic E-state index is 0.287. The SMILES string of the molecule is COc1ccc2nc(SCCCCCO)[nH]c2c1. The molecule has 0 unspecified atom stereocenters. The molecule has 2 rings (SSSR count). The molecule has 0 radical (unpaired) electrons. The standard InChI is InChI=1S/C13H18N2O2S/c1-17-10-5-6-11-12(9-10)15-13(14-11)18-8-4-2-3-7-16/h5-6,9,16H,2-4,7-8H2,1H3,(H,14,15). The number of unbranched alkanes of at least 4 members (excludes halogenated alkanes) is 2. The summed E-state index contributed by atoms with van der Waals surface area (Å²) in [5, 5.41) is 9.64. The number of rotatable bonds is 7. The first kappa shape index (κ1) is 13.2. The normalized spacial score (nSPS) is 11.0. The lowest BCUT2D eigenvalue weighted by molar-refractivity contribution is 0.284. The molecule has 1 heterocycles. The van der Waals surface area contributed by atoms with Crippen LogP contribution in [0.15, 0.2) is 23.4 Å². The molecule has 2 aromatic rings. The van der Waals surface area contributed by atoms with Gasteiger partial charge >= 0.3 is 0 Å². The number of nitrogens with zero attached hydrogens (tertiary/aromatic N) is 1. The number of ether oxygens (including phenoxy) is 1. The quantitative estimate of drug-likeness (QED) is 0.597. The number of methoxy groups -OCH3 is 1. The third kappa shape index (κ3) is 3.40. The third-order valence-electron chi connectivity index (χ3n) is 2.71. The largest absolute Gasteiger partial charge is 0.497 e. The number of H-pyrrole nitrogens is 1. The topological polar surface area (TPSA) is 58.1 Å². The maximum atomic E-state index is 8.69. The highest BCUT2D eigenvalue weighted by Gasteiger charge is 2.04. The van der Waals surface area contributed by atoms with Gasteiger partial charge in [-0.15, -0.1) is 0 Å². The van der Waals surface area contributed by atoms with Crippen LogP contribution in [0, 0.1) is 0 Å². The first-order valence-corrected chi connectivity index (χ1v) is 7.09. The van der Waals surface area contributed by atoms with Gasteiger partial charge in [0.05, 0.1) is 18.1 Å². The summed E-state index contributed by atoms with van der Waals surface area (Å²) < 4.78 is 5.18. The van der Waals surface area contributed by atoms with Crippen LogP contribution in [0.3, 0.4) is 0 Å². The van der Waals surface area contributed by atoms with Crippen LogP contribution in [0.25, 0.3) is 11.0 Å². The minimum Gasteiger partial charge on any atom is -0.497 e. The number of benzene rings is 1. The van der Waals surface area contributed by atoms with Gasteiger partial charge in [0, 0.05) is 18.4 Å². The Hall–Kier alpha value is -1.20. The fourth-order valence-corrected chi connectivity index (χ4v) is 2.61.